The van der Waals surface area contributed by atoms with E-state index in [1.165, 1.54) is 0 Å². The van der Waals surface area contributed by atoms with Gasteiger partial charge >= 0.3 is 13.6 Å². The SMILES string of the molecule is CCOP(=O)(CC(=O)Oc1ccc(Cl)c(C)c1)OCC. The highest BCUT2D eigenvalue weighted by Gasteiger charge is 2.28. The molecule has 0 spiro atoms. The van der Waals surface area contributed by atoms with Crippen LogP contribution < -0.4 is 4.74 Å². The molecule has 0 amide bonds. The Morgan fingerprint density at radius 2 is 1.85 bits per heavy atom. The number of carbonyl (C=O) groups is 1. The van der Waals surface area contributed by atoms with Gasteiger partial charge in [-0.2, -0.15) is 0 Å². The lowest BCUT2D eigenvalue weighted by Gasteiger charge is -2.16. The van der Waals surface area contributed by atoms with Crippen molar-refractivity contribution in [2.45, 2.75) is 20.8 Å². The molecule has 0 aliphatic heterocycles. The molecule has 7 heteroatoms. The number of carbonyl (C=O) groups excluding carboxylic acids is 1. The Kier molecular flexibility index (Phi) is 6.69. The van der Waals surface area contributed by atoms with Crippen molar-refractivity contribution < 1.29 is 23.1 Å². The van der Waals surface area contributed by atoms with E-state index in [1.807, 2.05) is 0 Å². The molecule has 1 aromatic rings. The summed E-state index contributed by atoms with van der Waals surface area (Å²) >= 11 is 5.88. The molecule has 1 aromatic carbocycles. The molecule has 0 saturated heterocycles. The summed E-state index contributed by atoms with van der Waals surface area (Å²) in [6, 6.07) is 4.83. The van der Waals surface area contributed by atoms with Gasteiger partial charge < -0.3 is 13.8 Å². The van der Waals surface area contributed by atoms with Gasteiger partial charge in [0.15, 0.2) is 0 Å². The number of hydrogen-bond acceptors (Lipinski definition) is 5. The normalized spacial score (nSPS) is 11.4. The van der Waals surface area contributed by atoms with Gasteiger partial charge in [-0.3, -0.25) is 9.36 Å². The molecule has 0 saturated carbocycles. The number of aryl methyl sites for hydroxylation is 1. The zero-order chi connectivity index (χ0) is 15.2. The van der Waals surface area contributed by atoms with E-state index in [0.717, 1.165) is 5.56 Å². The third-order valence-electron chi connectivity index (χ3n) is 2.34. The number of halogens is 1. The topological polar surface area (TPSA) is 61.8 Å². The van der Waals surface area contributed by atoms with E-state index in [0.29, 0.717) is 10.8 Å². The first-order valence-electron chi connectivity index (χ1n) is 6.25. The second kappa shape index (κ2) is 7.79. The highest BCUT2D eigenvalue weighted by Crippen LogP contribution is 2.47. The molecule has 5 nitrogen and oxygen atoms in total. The molecule has 112 valence electrons. The maximum absolute atomic E-state index is 12.2. The van der Waals surface area contributed by atoms with Gasteiger partial charge in [0.1, 0.15) is 11.9 Å². The molecule has 0 heterocycles. The standard InChI is InChI=1S/C13H18ClO5P/c1-4-17-20(16,18-5-2)9-13(15)19-11-6-7-12(14)10(3)8-11/h6-8H,4-5,9H2,1-3H3. The Morgan fingerprint density at radius 1 is 1.25 bits per heavy atom. The Balaban J connectivity index is 2.70. The first-order chi connectivity index (χ1) is 9.40. The van der Waals surface area contributed by atoms with Crippen LogP contribution in [0.4, 0.5) is 0 Å². The minimum absolute atomic E-state index is 0.199. The third-order valence-corrected chi connectivity index (χ3v) is 4.71. The Bertz CT molecular complexity index is 507. The van der Waals surface area contributed by atoms with Crippen molar-refractivity contribution in [1.29, 1.82) is 0 Å². The summed E-state index contributed by atoms with van der Waals surface area (Å²) in [6.07, 6.45) is -0.420. The number of benzene rings is 1. The van der Waals surface area contributed by atoms with Gasteiger partial charge in [-0.15, -0.1) is 0 Å². The van der Waals surface area contributed by atoms with Crippen LogP contribution in [0.5, 0.6) is 5.75 Å². The van der Waals surface area contributed by atoms with Gasteiger partial charge in [0.05, 0.1) is 13.2 Å². The summed E-state index contributed by atoms with van der Waals surface area (Å²) in [5.41, 5.74) is 0.787. The predicted octanol–water partition coefficient (Wildman–Crippen LogP) is 3.82. The van der Waals surface area contributed by atoms with E-state index < -0.39 is 19.7 Å². The van der Waals surface area contributed by atoms with Crippen LogP contribution in [0.2, 0.25) is 5.02 Å². The quantitative estimate of drug-likeness (QED) is 0.434. The van der Waals surface area contributed by atoms with Crippen molar-refractivity contribution in [3.63, 3.8) is 0 Å². The second-order valence-electron chi connectivity index (χ2n) is 3.99. The van der Waals surface area contributed by atoms with Crippen LogP contribution in [0.25, 0.3) is 0 Å². The van der Waals surface area contributed by atoms with Gasteiger partial charge in [-0.1, -0.05) is 11.6 Å². The summed E-state index contributed by atoms with van der Waals surface area (Å²) in [7, 11) is -3.43. The van der Waals surface area contributed by atoms with Crippen LogP contribution in [-0.4, -0.2) is 25.3 Å². The van der Waals surface area contributed by atoms with E-state index >= 15 is 0 Å². The minimum Gasteiger partial charge on any atom is -0.426 e. The van der Waals surface area contributed by atoms with E-state index in [2.05, 4.69) is 0 Å². The first-order valence-corrected chi connectivity index (χ1v) is 8.35. The van der Waals surface area contributed by atoms with E-state index in [9.17, 15) is 9.36 Å². The molecule has 20 heavy (non-hydrogen) atoms. The van der Waals surface area contributed by atoms with Gasteiger partial charge in [0.2, 0.25) is 0 Å². The summed E-state index contributed by atoms with van der Waals surface area (Å²) in [5, 5.41) is 0.583. The van der Waals surface area contributed by atoms with Crippen molar-refractivity contribution in [3.05, 3.63) is 28.8 Å². The van der Waals surface area contributed by atoms with Crippen LogP contribution in [-0.2, 0) is 18.4 Å². The number of rotatable bonds is 7. The Labute approximate surface area is 123 Å². The average Bonchev–Trinajstić information content (AvgIpc) is 2.34. The lowest BCUT2D eigenvalue weighted by atomic mass is 10.2. The monoisotopic (exact) mass is 320 g/mol. The molecule has 0 aromatic heterocycles. The average molecular weight is 321 g/mol. The highest BCUT2D eigenvalue weighted by molar-refractivity contribution is 7.54. The molecular weight excluding hydrogens is 303 g/mol. The van der Waals surface area contributed by atoms with Gasteiger partial charge in [-0.05, 0) is 44.5 Å². The van der Waals surface area contributed by atoms with Crippen molar-refractivity contribution >= 4 is 25.2 Å². The number of ether oxygens (including phenoxy) is 1. The second-order valence-corrected chi connectivity index (χ2v) is 6.45. The predicted molar refractivity (Wildman–Crippen MR) is 77.5 cm³/mol. The first kappa shape index (κ1) is 17.2. The molecule has 0 fully saturated rings. The lowest BCUT2D eigenvalue weighted by Crippen LogP contribution is -2.16. The van der Waals surface area contributed by atoms with Crippen LogP contribution in [0, 0.1) is 6.92 Å². The fourth-order valence-electron chi connectivity index (χ4n) is 1.52. The van der Waals surface area contributed by atoms with Crippen molar-refractivity contribution in [2.24, 2.45) is 0 Å². The Hall–Kier alpha value is -0.870. The summed E-state index contributed by atoms with van der Waals surface area (Å²) < 4.78 is 27.3. The molecule has 0 unspecified atom stereocenters. The molecule has 1 rings (SSSR count). The molecule has 0 aliphatic carbocycles. The largest absolute Gasteiger partial charge is 0.426 e. The van der Waals surface area contributed by atoms with Gasteiger partial charge in [0.25, 0.3) is 0 Å². The lowest BCUT2D eigenvalue weighted by molar-refractivity contribution is -0.131. The number of esters is 1. The molecule has 0 bridgehead atoms. The maximum atomic E-state index is 12.2. The zero-order valence-corrected chi connectivity index (χ0v) is 13.4. The molecule has 0 aliphatic rings. The van der Waals surface area contributed by atoms with E-state index in [-0.39, 0.29) is 13.2 Å². The zero-order valence-electron chi connectivity index (χ0n) is 11.7. The molecular formula is C13H18ClO5P. The smallest absolute Gasteiger partial charge is 0.341 e. The van der Waals surface area contributed by atoms with E-state index in [4.69, 9.17) is 25.4 Å². The fourth-order valence-corrected chi connectivity index (χ4v) is 3.07. The Morgan fingerprint density at radius 3 is 2.35 bits per heavy atom. The van der Waals surface area contributed by atoms with Crippen LogP contribution in [0.1, 0.15) is 19.4 Å². The summed E-state index contributed by atoms with van der Waals surface area (Å²) in [5.74, 6) is -0.326. The third kappa shape index (κ3) is 5.25. The van der Waals surface area contributed by atoms with Crippen molar-refractivity contribution in [2.75, 3.05) is 19.4 Å². The van der Waals surface area contributed by atoms with Crippen LogP contribution in [0.15, 0.2) is 18.2 Å². The minimum atomic E-state index is -3.43. The van der Waals surface area contributed by atoms with Gasteiger partial charge in [-0.25, -0.2) is 0 Å². The maximum Gasteiger partial charge on any atom is 0.341 e. The van der Waals surface area contributed by atoms with Gasteiger partial charge in [0, 0.05) is 5.02 Å². The van der Waals surface area contributed by atoms with E-state index in [1.54, 1.807) is 39.0 Å². The highest BCUT2D eigenvalue weighted by atomic mass is 35.5. The summed E-state index contributed by atoms with van der Waals surface area (Å²) in [4.78, 5) is 11.8. The number of hydrogen-bond donors (Lipinski definition) is 0. The van der Waals surface area contributed by atoms with Crippen LogP contribution in [0.3, 0.4) is 0 Å². The summed E-state index contributed by atoms with van der Waals surface area (Å²) in [6.45, 7) is 5.55. The molecule has 0 N–H and O–H groups in total. The van der Waals surface area contributed by atoms with Crippen molar-refractivity contribution in [3.8, 4) is 5.75 Å². The fraction of sp³-hybridized carbons (Fsp3) is 0.462. The van der Waals surface area contributed by atoms with Crippen molar-refractivity contribution in [1.82, 2.24) is 0 Å². The molecule has 0 radical (unpaired) electrons. The molecule has 0 atom stereocenters. The van der Waals surface area contributed by atoms with Crippen LogP contribution >= 0.6 is 19.2 Å².